The van der Waals surface area contributed by atoms with Crippen molar-refractivity contribution >= 4 is 29.0 Å². The molecule has 1 aliphatic carbocycles. The van der Waals surface area contributed by atoms with Gasteiger partial charge in [-0.25, -0.2) is 0 Å². The Bertz CT molecular complexity index is 408. The van der Waals surface area contributed by atoms with E-state index >= 15 is 0 Å². The minimum atomic E-state index is 0.206. The number of carbonyl (C=O) groups is 1. The molecule has 2 atom stereocenters. The second kappa shape index (κ2) is 5.41. The highest BCUT2D eigenvalue weighted by molar-refractivity contribution is 6.36. The largest absolute Gasteiger partial charge is 0.299 e. The highest BCUT2D eigenvalue weighted by Crippen LogP contribution is 2.33. The van der Waals surface area contributed by atoms with Gasteiger partial charge in [0.05, 0.1) is 0 Å². The van der Waals surface area contributed by atoms with E-state index in [1.165, 1.54) is 0 Å². The number of hydrogen-bond acceptors (Lipinski definition) is 1. The molecule has 1 aromatic rings. The second-order valence-corrected chi connectivity index (χ2v) is 5.77. The molecule has 2 unspecified atom stereocenters. The van der Waals surface area contributed by atoms with E-state index in [1.807, 2.05) is 0 Å². The van der Waals surface area contributed by atoms with Gasteiger partial charge in [0.15, 0.2) is 0 Å². The Balaban J connectivity index is 2.08. The summed E-state index contributed by atoms with van der Waals surface area (Å²) >= 11 is 12.1. The number of ketones is 1. The van der Waals surface area contributed by atoms with Gasteiger partial charge in [-0.15, -0.1) is 0 Å². The van der Waals surface area contributed by atoms with E-state index in [-0.39, 0.29) is 11.7 Å². The highest BCUT2D eigenvalue weighted by atomic mass is 35.5. The molecule has 0 bridgehead atoms. The SMILES string of the molecule is CC1CCC(C(=O)Cc2c(Cl)cccc2Cl)C1. The smallest absolute Gasteiger partial charge is 0.140 e. The molecule has 1 saturated carbocycles. The molecule has 0 saturated heterocycles. The van der Waals surface area contributed by atoms with Crippen molar-refractivity contribution in [2.75, 3.05) is 0 Å². The number of hydrogen-bond donors (Lipinski definition) is 0. The molecule has 1 fully saturated rings. The molecule has 0 aromatic heterocycles. The van der Waals surface area contributed by atoms with E-state index < -0.39 is 0 Å². The molecule has 0 spiro atoms. The third-order valence-corrected chi connectivity index (χ3v) is 4.27. The molecule has 1 aromatic carbocycles. The van der Waals surface area contributed by atoms with Crippen LogP contribution in [-0.2, 0) is 11.2 Å². The van der Waals surface area contributed by atoms with Gasteiger partial charge in [-0.05, 0) is 42.9 Å². The number of Topliss-reactive ketones (excluding diaryl/α,β-unsaturated/α-hetero) is 1. The van der Waals surface area contributed by atoms with Crippen LogP contribution in [0.1, 0.15) is 31.7 Å². The minimum Gasteiger partial charge on any atom is -0.299 e. The van der Waals surface area contributed by atoms with Crippen molar-refractivity contribution in [2.45, 2.75) is 32.6 Å². The van der Waals surface area contributed by atoms with Gasteiger partial charge in [-0.1, -0.05) is 36.2 Å². The van der Waals surface area contributed by atoms with Crippen molar-refractivity contribution in [3.05, 3.63) is 33.8 Å². The molecule has 0 radical (unpaired) electrons. The van der Waals surface area contributed by atoms with Gasteiger partial charge in [-0.3, -0.25) is 4.79 Å². The Morgan fingerprint density at radius 1 is 1.29 bits per heavy atom. The topological polar surface area (TPSA) is 17.1 Å². The van der Waals surface area contributed by atoms with Gasteiger partial charge < -0.3 is 0 Å². The average Bonchev–Trinajstić information content (AvgIpc) is 2.70. The lowest BCUT2D eigenvalue weighted by Gasteiger charge is -2.10. The molecule has 0 aliphatic heterocycles. The van der Waals surface area contributed by atoms with Crippen LogP contribution in [0.5, 0.6) is 0 Å². The minimum absolute atomic E-state index is 0.206. The molecule has 0 N–H and O–H groups in total. The maximum Gasteiger partial charge on any atom is 0.140 e. The van der Waals surface area contributed by atoms with Crippen LogP contribution >= 0.6 is 23.2 Å². The first-order valence-corrected chi connectivity index (χ1v) is 6.79. The van der Waals surface area contributed by atoms with Crippen molar-refractivity contribution in [1.29, 1.82) is 0 Å². The van der Waals surface area contributed by atoms with Crippen molar-refractivity contribution in [3.8, 4) is 0 Å². The Kier molecular flexibility index (Phi) is 4.11. The van der Waals surface area contributed by atoms with Gasteiger partial charge in [-0.2, -0.15) is 0 Å². The van der Waals surface area contributed by atoms with Gasteiger partial charge >= 0.3 is 0 Å². The van der Waals surface area contributed by atoms with E-state index in [4.69, 9.17) is 23.2 Å². The fraction of sp³-hybridized carbons (Fsp3) is 0.500. The molecule has 2 rings (SSSR count). The van der Waals surface area contributed by atoms with Crippen LogP contribution < -0.4 is 0 Å². The summed E-state index contributed by atoms with van der Waals surface area (Å²) in [6.07, 6.45) is 3.56. The lowest BCUT2D eigenvalue weighted by molar-refractivity contribution is -0.122. The Morgan fingerprint density at radius 3 is 2.47 bits per heavy atom. The first-order chi connectivity index (χ1) is 8.08. The van der Waals surface area contributed by atoms with Crippen molar-refractivity contribution in [3.63, 3.8) is 0 Å². The molecule has 1 aliphatic rings. The van der Waals surface area contributed by atoms with Crippen LogP contribution in [0.25, 0.3) is 0 Å². The normalized spacial score (nSPS) is 23.9. The second-order valence-electron chi connectivity index (χ2n) is 4.96. The Labute approximate surface area is 112 Å². The van der Waals surface area contributed by atoms with E-state index in [9.17, 15) is 4.79 Å². The number of rotatable bonds is 3. The van der Waals surface area contributed by atoms with Gasteiger partial charge in [0.2, 0.25) is 0 Å². The summed E-state index contributed by atoms with van der Waals surface area (Å²) in [5.74, 6) is 1.16. The van der Waals surface area contributed by atoms with E-state index in [2.05, 4.69) is 6.92 Å². The lowest BCUT2D eigenvalue weighted by atomic mass is 9.95. The Hall–Kier alpha value is -0.530. The van der Waals surface area contributed by atoms with Gasteiger partial charge in [0, 0.05) is 22.4 Å². The van der Waals surface area contributed by atoms with E-state index in [0.29, 0.717) is 22.4 Å². The fourth-order valence-electron chi connectivity index (χ4n) is 2.52. The van der Waals surface area contributed by atoms with Gasteiger partial charge in [0.1, 0.15) is 5.78 Å². The zero-order chi connectivity index (χ0) is 12.4. The molecule has 1 nitrogen and oxygen atoms in total. The molecule has 3 heteroatoms. The summed E-state index contributed by atoms with van der Waals surface area (Å²) in [6, 6.07) is 5.37. The molecule has 0 amide bonds. The maximum atomic E-state index is 12.1. The van der Waals surface area contributed by atoms with Crippen LogP contribution in [0.15, 0.2) is 18.2 Å². The van der Waals surface area contributed by atoms with E-state index in [1.54, 1.807) is 18.2 Å². The predicted molar refractivity (Wildman–Crippen MR) is 71.7 cm³/mol. The predicted octanol–water partition coefficient (Wildman–Crippen LogP) is 4.54. The zero-order valence-corrected chi connectivity index (χ0v) is 11.4. The summed E-state index contributed by atoms with van der Waals surface area (Å²) in [4.78, 5) is 12.1. The van der Waals surface area contributed by atoms with Crippen LogP contribution in [-0.4, -0.2) is 5.78 Å². The number of carbonyl (C=O) groups excluding carboxylic acids is 1. The average molecular weight is 271 g/mol. The highest BCUT2D eigenvalue weighted by Gasteiger charge is 2.27. The van der Waals surface area contributed by atoms with Crippen molar-refractivity contribution in [1.82, 2.24) is 0 Å². The zero-order valence-electron chi connectivity index (χ0n) is 9.88. The Morgan fingerprint density at radius 2 is 1.94 bits per heavy atom. The molecular weight excluding hydrogens is 255 g/mol. The van der Waals surface area contributed by atoms with Crippen molar-refractivity contribution < 1.29 is 4.79 Å². The van der Waals surface area contributed by atoms with Crippen LogP contribution in [0.3, 0.4) is 0 Å². The van der Waals surface area contributed by atoms with Gasteiger partial charge in [0.25, 0.3) is 0 Å². The summed E-state index contributed by atoms with van der Waals surface area (Å²) in [6.45, 7) is 2.20. The molecular formula is C14H16Cl2O. The first kappa shape index (κ1) is 12.9. The van der Waals surface area contributed by atoms with E-state index in [0.717, 1.165) is 24.8 Å². The fourth-order valence-corrected chi connectivity index (χ4v) is 3.05. The molecule has 0 heterocycles. The first-order valence-electron chi connectivity index (χ1n) is 6.03. The number of halogens is 2. The summed E-state index contributed by atoms with van der Waals surface area (Å²) < 4.78 is 0. The maximum absolute atomic E-state index is 12.1. The third kappa shape index (κ3) is 3.02. The van der Waals surface area contributed by atoms with Crippen LogP contribution in [0.4, 0.5) is 0 Å². The third-order valence-electron chi connectivity index (χ3n) is 3.56. The summed E-state index contributed by atoms with van der Waals surface area (Å²) in [5, 5.41) is 1.19. The quantitative estimate of drug-likeness (QED) is 0.788. The molecule has 92 valence electrons. The van der Waals surface area contributed by atoms with Crippen molar-refractivity contribution in [2.24, 2.45) is 11.8 Å². The summed E-state index contributed by atoms with van der Waals surface area (Å²) in [5.41, 5.74) is 0.778. The van der Waals surface area contributed by atoms with Crippen LogP contribution in [0, 0.1) is 11.8 Å². The lowest BCUT2D eigenvalue weighted by Crippen LogP contribution is -2.14. The molecule has 17 heavy (non-hydrogen) atoms. The monoisotopic (exact) mass is 270 g/mol. The summed E-state index contributed by atoms with van der Waals surface area (Å²) in [7, 11) is 0. The standard InChI is InChI=1S/C14H16Cl2O/c1-9-5-6-10(7-9)14(17)8-11-12(15)3-2-4-13(11)16/h2-4,9-10H,5-8H2,1H3. The number of benzene rings is 1. The van der Waals surface area contributed by atoms with Crippen LogP contribution in [0.2, 0.25) is 10.0 Å².